The van der Waals surface area contributed by atoms with Crippen molar-refractivity contribution < 1.29 is 0 Å². The normalized spacial score (nSPS) is 10.9. The number of rotatable bonds is 3. The first-order valence-corrected chi connectivity index (χ1v) is 6.37. The largest absolute Gasteiger partial charge is 0.383 e. The predicted molar refractivity (Wildman–Crippen MR) is 82.9 cm³/mol. The molecule has 0 aliphatic rings. The van der Waals surface area contributed by atoms with Crippen LogP contribution in [0.1, 0.15) is 0 Å². The van der Waals surface area contributed by atoms with E-state index < -0.39 is 10.9 Å². The summed E-state index contributed by atoms with van der Waals surface area (Å²) in [5, 5.41) is 4.95. The second kappa shape index (κ2) is 4.49. The van der Waals surface area contributed by atoms with Crippen LogP contribution in [0.2, 0.25) is 0 Å². The van der Waals surface area contributed by atoms with E-state index in [0.717, 1.165) is 16.5 Å². The molecule has 1 N–H and O–H groups in total. The number of fused-ring (bicyclic) bond motifs is 1. The number of anilines is 3. The second-order valence-electron chi connectivity index (χ2n) is 4.69. The molecule has 0 spiro atoms. The molecule has 0 aliphatic heterocycles. The van der Waals surface area contributed by atoms with Gasteiger partial charge in [0.05, 0.1) is 0 Å². The molecule has 20 heavy (non-hydrogen) atoms. The highest BCUT2D eigenvalue weighted by Gasteiger charge is 2.24. The first kappa shape index (κ1) is 12.4. The SMILES string of the molecule is CNc1c(N(C)c2cccc3ccccc23)c(=O)c1=O. The molecule has 3 aromatic rings. The quantitative estimate of drug-likeness (QED) is 0.739. The summed E-state index contributed by atoms with van der Waals surface area (Å²) in [4.78, 5) is 25.1. The van der Waals surface area contributed by atoms with E-state index in [1.54, 1.807) is 19.0 Å². The van der Waals surface area contributed by atoms with Crippen LogP contribution in [0.4, 0.5) is 17.1 Å². The number of benzene rings is 2. The molecule has 0 radical (unpaired) electrons. The number of hydrogen-bond donors (Lipinski definition) is 1. The lowest BCUT2D eigenvalue weighted by Crippen LogP contribution is -2.39. The standard InChI is InChI=1S/C16H14N2O2/c1-17-13-14(16(20)15(13)19)18(2)12-9-5-7-10-6-3-4-8-11(10)12/h3-9,17H,1-2H3. The first-order valence-electron chi connectivity index (χ1n) is 6.37. The van der Waals surface area contributed by atoms with Crippen LogP contribution < -0.4 is 21.1 Å². The Hall–Kier alpha value is -2.62. The molecule has 0 heterocycles. The summed E-state index contributed by atoms with van der Waals surface area (Å²) >= 11 is 0. The van der Waals surface area contributed by atoms with Crippen LogP contribution in [0.3, 0.4) is 0 Å². The maximum Gasteiger partial charge on any atom is 0.253 e. The van der Waals surface area contributed by atoms with Crippen molar-refractivity contribution in [3.63, 3.8) is 0 Å². The molecule has 0 amide bonds. The topological polar surface area (TPSA) is 49.4 Å². The molecular formula is C16H14N2O2. The van der Waals surface area contributed by atoms with Crippen LogP contribution in [-0.2, 0) is 0 Å². The Balaban J connectivity index is 2.19. The summed E-state index contributed by atoms with van der Waals surface area (Å²) in [5.74, 6) is 0. The molecule has 0 atom stereocenters. The molecule has 100 valence electrons. The van der Waals surface area contributed by atoms with E-state index in [1.807, 2.05) is 42.5 Å². The van der Waals surface area contributed by atoms with Crippen LogP contribution in [0.25, 0.3) is 10.8 Å². The molecule has 0 saturated carbocycles. The summed E-state index contributed by atoms with van der Waals surface area (Å²) in [5.41, 5.74) is 0.824. The fraction of sp³-hybridized carbons (Fsp3) is 0.125. The molecule has 0 saturated heterocycles. The Morgan fingerprint density at radius 1 is 0.950 bits per heavy atom. The van der Waals surface area contributed by atoms with E-state index in [1.165, 1.54) is 0 Å². The van der Waals surface area contributed by atoms with Crippen molar-refractivity contribution in [2.75, 3.05) is 24.3 Å². The Bertz CT molecular complexity index is 855. The van der Waals surface area contributed by atoms with Crippen LogP contribution in [0.15, 0.2) is 52.1 Å². The summed E-state index contributed by atoms with van der Waals surface area (Å²) in [7, 11) is 3.45. The molecular weight excluding hydrogens is 252 g/mol. The van der Waals surface area contributed by atoms with Crippen molar-refractivity contribution in [1.29, 1.82) is 0 Å². The van der Waals surface area contributed by atoms with Gasteiger partial charge in [-0.25, -0.2) is 0 Å². The van der Waals surface area contributed by atoms with Crippen molar-refractivity contribution in [2.45, 2.75) is 0 Å². The second-order valence-corrected chi connectivity index (χ2v) is 4.69. The highest BCUT2D eigenvalue weighted by molar-refractivity contribution is 5.97. The third-order valence-corrected chi connectivity index (χ3v) is 3.60. The Morgan fingerprint density at radius 2 is 1.65 bits per heavy atom. The molecule has 4 nitrogen and oxygen atoms in total. The summed E-state index contributed by atoms with van der Waals surface area (Å²) in [6.07, 6.45) is 0. The Kier molecular flexibility index (Phi) is 2.79. The fourth-order valence-electron chi connectivity index (χ4n) is 2.55. The van der Waals surface area contributed by atoms with Gasteiger partial charge in [-0.2, -0.15) is 0 Å². The number of hydrogen-bond acceptors (Lipinski definition) is 4. The molecule has 0 aliphatic carbocycles. The molecule has 4 heteroatoms. The van der Waals surface area contributed by atoms with Gasteiger partial charge in [-0.15, -0.1) is 0 Å². The fourth-order valence-corrected chi connectivity index (χ4v) is 2.55. The van der Waals surface area contributed by atoms with E-state index in [-0.39, 0.29) is 0 Å². The average molecular weight is 266 g/mol. The van der Waals surface area contributed by atoms with Gasteiger partial charge >= 0.3 is 0 Å². The van der Waals surface area contributed by atoms with Crippen molar-refractivity contribution in [3.8, 4) is 0 Å². The molecule has 0 unspecified atom stereocenters. The van der Waals surface area contributed by atoms with Crippen LogP contribution >= 0.6 is 0 Å². The van der Waals surface area contributed by atoms with Crippen LogP contribution in [-0.4, -0.2) is 14.1 Å². The van der Waals surface area contributed by atoms with Crippen molar-refractivity contribution >= 4 is 27.8 Å². The number of nitrogens with zero attached hydrogens (tertiary/aromatic N) is 1. The van der Waals surface area contributed by atoms with Crippen molar-refractivity contribution in [2.24, 2.45) is 0 Å². The Morgan fingerprint density at radius 3 is 2.40 bits per heavy atom. The lowest BCUT2D eigenvalue weighted by molar-refractivity contribution is 1.16. The minimum Gasteiger partial charge on any atom is -0.383 e. The van der Waals surface area contributed by atoms with E-state index in [9.17, 15) is 9.59 Å². The van der Waals surface area contributed by atoms with Gasteiger partial charge in [-0.3, -0.25) is 9.59 Å². The molecule has 0 bridgehead atoms. The first-order chi connectivity index (χ1) is 9.65. The monoisotopic (exact) mass is 266 g/mol. The molecule has 0 aromatic heterocycles. The van der Waals surface area contributed by atoms with E-state index in [2.05, 4.69) is 5.32 Å². The average Bonchev–Trinajstić information content (AvgIpc) is 2.50. The maximum atomic E-state index is 11.8. The zero-order chi connectivity index (χ0) is 14.3. The minimum atomic E-state index is -0.449. The lowest BCUT2D eigenvalue weighted by atomic mass is 10.1. The zero-order valence-electron chi connectivity index (χ0n) is 11.3. The zero-order valence-corrected chi connectivity index (χ0v) is 11.3. The van der Waals surface area contributed by atoms with E-state index >= 15 is 0 Å². The minimum absolute atomic E-state index is 0.380. The van der Waals surface area contributed by atoms with Gasteiger partial charge in [0, 0.05) is 25.2 Å². The maximum absolute atomic E-state index is 11.8. The summed E-state index contributed by atoms with van der Waals surface area (Å²) < 4.78 is 0. The predicted octanol–water partition coefficient (Wildman–Crippen LogP) is 2.25. The van der Waals surface area contributed by atoms with E-state index in [0.29, 0.717) is 11.4 Å². The van der Waals surface area contributed by atoms with Gasteiger partial charge in [0.25, 0.3) is 10.9 Å². The third-order valence-electron chi connectivity index (χ3n) is 3.60. The summed E-state index contributed by atoms with van der Waals surface area (Å²) in [6.45, 7) is 0. The van der Waals surface area contributed by atoms with Crippen molar-refractivity contribution in [1.82, 2.24) is 0 Å². The van der Waals surface area contributed by atoms with Gasteiger partial charge in [-0.1, -0.05) is 36.4 Å². The van der Waals surface area contributed by atoms with Gasteiger partial charge in [0.1, 0.15) is 11.4 Å². The van der Waals surface area contributed by atoms with Gasteiger partial charge in [0.15, 0.2) is 0 Å². The van der Waals surface area contributed by atoms with E-state index in [4.69, 9.17) is 0 Å². The summed E-state index contributed by atoms with van der Waals surface area (Å²) in [6, 6.07) is 13.9. The smallest absolute Gasteiger partial charge is 0.253 e. The van der Waals surface area contributed by atoms with Crippen LogP contribution in [0.5, 0.6) is 0 Å². The third kappa shape index (κ3) is 1.61. The van der Waals surface area contributed by atoms with Crippen LogP contribution in [0, 0.1) is 0 Å². The molecule has 0 fully saturated rings. The highest BCUT2D eigenvalue weighted by atomic mass is 16.2. The van der Waals surface area contributed by atoms with Gasteiger partial charge in [0.2, 0.25) is 0 Å². The molecule has 3 aromatic carbocycles. The van der Waals surface area contributed by atoms with Crippen molar-refractivity contribution in [3.05, 3.63) is 62.9 Å². The Labute approximate surface area is 116 Å². The number of nitrogens with one attached hydrogen (secondary N) is 1. The van der Waals surface area contributed by atoms with Gasteiger partial charge < -0.3 is 10.2 Å². The lowest BCUT2D eigenvalue weighted by Gasteiger charge is -2.24. The molecule has 3 rings (SSSR count). The highest BCUT2D eigenvalue weighted by Crippen LogP contribution is 2.32. The van der Waals surface area contributed by atoms with Gasteiger partial charge in [-0.05, 0) is 11.5 Å².